The van der Waals surface area contributed by atoms with E-state index in [1.54, 1.807) is 25.2 Å². The lowest BCUT2D eigenvalue weighted by Gasteiger charge is -2.41. The van der Waals surface area contributed by atoms with Crippen LogP contribution in [0.25, 0.3) is 0 Å². The van der Waals surface area contributed by atoms with Gasteiger partial charge in [-0.1, -0.05) is 12.8 Å². The third-order valence-electron chi connectivity index (χ3n) is 4.10. The molecule has 14 heavy (non-hydrogen) atoms. The predicted octanol–water partition coefficient (Wildman–Crippen LogP) is 4.31. The predicted molar refractivity (Wildman–Crippen MR) is 70.7 cm³/mol. The molecule has 2 aliphatic heterocycles. The van der Waals surface area contributed by atoms with E-state index in [1.807, 2.05) is 0 Å². The van der Waals surface area contributed by atoms with E-state index < -0.39 is 0 Å². The van der Waals surface area contributed by atoms with Crippen LogP contribution in [0.4, 0.5) is 0 Å². The molecule has 4 unspecified atom stereocenters. The molecule has 0 N–H and O–H groups in total. The van der Waals surface area contributed by atoms with Gasteiger partial charge < -0.3 is 0 Å². The first-order chi connectivity index (χ1) is 6.79. The molecular weight excluding hydrogens is 206 g/mol. The molecule has 2 rings (SSSR count). The van der Waals surface area contributed by atoms with Crippen LogP contribution in [0.1, 0.15) is 38.5 Å². The van der Waals surface area contributed by atoms with Crippen LogP contribution in [0.3, 0.4) is 0 Å². The van der Waals surface area contributed by atoms with Crippen LogP contribution in [-0.4, -0.2) is 37.0 Å². The SMILES string of the molecule is CP1CCCCC1C1CCCCP1C. The summed E-state index contributed by atoms with van der Waals surface area (Å²) in [6.07, 6.45) is 12.5. The van der Waals surface area contributed by atoms with Crippen molar-refractivity contribution in [1.29, 1.82) is 0 Å². The van der Waals surface area contributed by atoms with Gasteiger partial charge in [-0.25, -0.2) is 0 Å². The van der Waals surface area contributed by atoms with Gasteiger partial charge in [-0.2, -0.15) is 0 Å². The van der Waals surface area contributed by atoms with E-state index in [-0.39, 0.29) is 0 Å². The second kappa shape index (κ2) is 5.27. The molecule has 0 bridgehead atoms. The van der Waals surface area contributed by atoms with Gasteiger partial charge in [0.05, 0.1) is 0 Å². The second-order valence-electron chi connectivity index (χ2n) is 5.09. The molecule has 2 fully saturated rings. The number of hydrogen-bond acceptors (Lipinski definition) is 0. The van der Waals surface area contributed by atoms with Crippen molar-refractivity contribution in [3.05, 3.63) is 0 Å². The summed E-state index contributed by atoms with van der Waals surface area (Å²) in [5.41, 5.74) is 2.35. The van der Waals surface area contributed by atoms with Gasteiger partial charge in [-0.3, -0.25) is 0 Å². The summed E-state index contributed by atoms with van der Waals surface area (Å²) < 4.78 is 0. The average molecular weight is 230 g/mol. The highest BCUT2D eigenvalue weighted by Crippen LogP contribution is 2.57. The van der Waals surface area contributed by atoms with E-state index >= 15 is 0 Å². The van der Waals surface area contributed by atoms with E-state index in [0.29, 0.717) is 15.8 Å². The minimum atomic E-state index is 0.412. The molecule has 0 amide bonds. The zero-order chi connectivity index (χ0) is 9.97. The Morgan fingerprint density at radius 1 is 0.714 bits per heavy atom. The Morgan fingerprint density at radius 2 is 1.14 bits per heavy atom. The molecule has 4 atom stereocenters. The van der Waals surface area contributed by atoms with Gasteiger partial charge in [0.25, 0.3) is 0 Å². The molecule has 0 saturated carbocycles. The van der Waals surface area contributed by atoms with Gasteiger partial charge in [0, 0.05) is 0 Å². The Balaban J connectivity index is 1.96. The van der Waals surface area contributed by atoms with Crippen molar-refractivity contribution < 1.29 is 0 Å². The first-order valence-electron chi connectivity index (χ1n) is 6.19. The van der Waals surface area contributed by atoms with Gasteiger partial charge in [-0.05, 0) is 62.7 Å². The number of rotatable bonds is 1. The monoisotopic (exact) mass is 230 g/mol. The Bertz CT molecular complexity index is 161. The first kappa shape index (κ1) is 11.3. The molecule has 2 heterocycles. The Kier molecular flexibility index (Phi) is 4.27. The normalized spacial score (nSPS) is 45.0. The maximum absolute atomic E-state index is 2.58. The summed E-state index contributed by atoms with van der Waals surface area (Å²) in [6, 6.07) is 0. The van der Waals surface area contributed by atoms with E-state index in [0.717, 1.165) is 0 Å². The topological polar surface area (TPSA) is 0 Å². The van der Waals surface area contributed by atoms with Crippen molar-refractivity contribution in [2.75, 3.05) is 25.7 Å². The lowest BCUT2D eigenvalue weighted by atomic mass is 10.1. The van der Waals surface area contributed by atoms with Crippen molar-refractivity contribution in [3.63, 3.8) is 0 Å². The van der Waals surface area contributed by atoms with Gasteiger partial charge >= 0.3 is 0 Å². The van der Waals surface area contributed by atoms with Crippen LogP contribution < -0.4 is 0 Å². The van der Waals surface area contributed by atoms with Crippen LogP contribution in [0.2, 0.25) is 0 Å². The van der Waals surface area contributed by atoms with E-state index in [9.17, 15) is 0 Å². The van der Waals surface area contributed by atoms with Crippen LogP contribution >= 0.6 is 15.8 Å². The zero-order valence-electron chi connectivity index (χ0n) is 9.71. The summed E-state index contributed by atoms with van der Waals surface area (Å²) >= 11 is 0. The molecule has 0 aromatic heterocycles. The smallest absolute Gasteiger partial charge is 0.0144 e. The molecule has 0 radical (unpaired) electrons. The zero-order valence-corrected chi connectivity index (χ0v) is 11.5. The minimum Gasteiger partial charge on any atom is -0.106 e. The molecule has 0 nitrogen and oxygen atoms in total. The van der Waals surface area contributed by atoms with Crippen LogP contribution in [-0.2, 0) is 0 Å². The highest BCUT2D eigenvalue weighted by Gasteiger charge is 2.33. The standard InChI is InChI=1S/C12H24P2/c1-13-9-5-3-7-11(13)12-8-4-6-10-14(12)2/h11-12H,3-10H2,1-2H3. The molecule has 82 valence electrons. The molecule has 0 aliphatic carbocycles. The molecule has 0 spiro atoms. The van der Waals surface area contributed by atoms with Gasteiger partial charge in [0.15, 0.2) is 0 Å². The summed E-state index contributed by atoms with van der Waals surface area (Å²) in [5, 5.41) is 0. The second-order valence-corrected chi connectivity index (χ2v) is 10.3. The van der Waals surface area contributed by atoms with Crippen LogP contribution in [0.15, 0.2) is 0 Å². The molecule has 0 aromatic rings. The average Bonchev–Trinajstić information content (AvgIpc) is 2.20. The van der Waals surface area contributed by atoms with Crippen molar-refractivity contribution in [2.24, 2.45) is 0 Å². The van der Waals surface area contributed by atoms with Gasteiger partial charge in [0.2, 0.25) is 0 Å². The highest BCUT2D eigenvalue weighted by atomic mass is 31.1. The molecule has 0 aromatic carbocycles. The maximum Gasteiger partial charge on any atom is -0.0144 e. The fraction of sp³-hybridized carbons (Fsp3) is 1.00. The van der Waals surface area contributed by atoms with Crippen molar-refractivity contribution in [3.8, 4) is 0 Å². The third-order valence-corrected chi connectivity index (χ3v) is 9.88. The Labute approximate surface area is 91.7 Å². The highest BCUT2D eigenvalue weighted by molar-refractivity contribution is 7.62. The fourth-order valence-corrected chi connectivity index (χ4v) is 9.37. The summed E-state index contributed by atoms with van der Waals surface area (Å²) in [4.78, 5) is 0. The first-order valence-corrected chi connectivity index (χ1v) is 10.3. The van der Waals surface area contributed by atoms with Crippen molar-refractivity contribution in [1.82, 2.24) is 0 Å². The van der Waals surface area contributed by atoms with E-state index in [4.69, 9.17) is 0 Å². The lowest BCUT2D eigenvalue weighted by molar-refractivity contribution is 0.569. The minimum absolute atomic E-state index is 0.412. The third kappa shape index (κ3) is 2.51. The van der Waals surface area contributed by atoms with Crippen molar-refractivity contribution >= 4 is 15.8 Å². The van der Waals surface area contributed by atoms with E-state index in [2.05, 4.69) is 13.3 Å². The summed E-state index contributed by atoms with van der Waals surface area (Å²) in [6.45, 7) is 5.16. The Morgan fingerprint density at radius 3 is 1.50 bits per heavy atom. The number of hydrogen-bond donors (Lipinski definition) is 0. The van der Waals surface area contributed by atoms with Gasteiger partial charge in [-0.15, -0.1) is 15.8 Å². The van der Waals surface area contributed by atoms with Crippen molar-refractivity contribution in [2.45, 2.75) is 49.8 Å². The Hall–Kier alpha value is 0.860. The molecule has 2 aliphatic rings. The molecular formula is C12H24P2. The maximum atomic E-state index is 2.58. The van der Waals surface area contributed by atoms with Crippen LogP contribution in [0, 0.1) is 0 Å². The van der Waals surface area contributed by atoms with Gasteiger partial charge in [0.1, 0.15) is 0 Å². The summed E-state index contributed by atoms with van der Waals surface area (Å²) in [5.74, 6) is 0. The lowest BCUT2D eigenvalue weighted by Crippen LogP contribution is -2.29. The molecule has 2 saturated heterocycles. The fourth-order valence-electron chi connectivity index (χ4n) is 3.17. The largest absolute Gasteiger partial charge is 0.106 e. The molecule has 2 heteroatoms. The quantitative estimate of drug-likeness (QED) is 0.589. The van der Waals surface area contributed by atoms with E-state index in [1.165, 1.54) is 37.0 Å². The summed E-state index contributed by atoms with van der Waals surface area (Å²) in [7, 11) is 0.823. The van der Waals surface area contributed by atoms with Crippen LogP contribution in [0.5, 0.6) is 0 Å².